The van der Waals surface area contributed by atoms with Crippen LogP contribution in [0.4, 0.5) is 5.69 Å². The Bertz CT molecular complexity index is 1080. The van der Waals surface area contributed by atoms with E-state index in [0.29, 0.717) is 6.54 Å². The van der Waals surface area contributed by atoms with Crippen LogP contribution in [0.15, 0.2) is 77.4 Å². The molecule has 32 heavy (non-hydrogen) atoms. The Hall–Kier alpha value is -3.87. The minimum absolute atomic E-state index is 0.0943. The molecular formula is C25H24N2O5. The average molecular weight is 432 g/mol. The van der Waals surface area contributed by atoms with Crippen molar-refractivity contribution in [2.45, 2.75) is 25.3 Å². The number of carbonyl (C=O) groups is 3. The van der Waals surface area contributed by atoms with Gasteiger partial charge in [0.05, 0.1) is 6.26 Å². The Morgan fingerprint density at radius 2 is 1.78 bits per heavy atom. The van der Waals surface area contributed by atoms with Gasteiger partial charge in [0.2, 0.25) is 0 Å². The highest BCUT2D eigenvalue weighted by molar-refractivity contribution is 5.97. The van der Waals surface area contributed by atoms with Gasteiger partial charge in [0.25, 0.3) is 11.8 Å². The molecule has 1 atom stereocenters. The average Bonchev–Trinajstić information content (AvgIpc) is 3.37. The molecule has 7 heteroatoms. The third-order valence-electron chi connectivity index (χ3n) is 5.37. The van der Waals surface area contributed by atoms with Crippen molar-refractivity contribution < 1.29 is 23.5 Å². The number of carbonyl (C=O) groups excluding carboxylic acids is 3. The van der Waals surface area contributed by atoms with Crippen molar-refractivity contribution in [2.24, 2.45) is 0 Å². The maximum Gasteiger partial charge on any atom is 0.329 e. The molecule has 1 aliphatic rings. The zero-order chi connectivity index (χ0) is 22.3. The number of aryl methyl sites for hydroxylation is 1. The van der Waals surface area contributed by atoms with Crippen LogP contribution in [0, 0.1) is 0 Å². The number of hydrogen-bond acceptors (Lipinski definition) is 5. The highest BCUT2D eigenvalue weighted by atomic mass is 16.5. The molecule has 2 aromatic carbocycles. The van der Waals surface area contributed by atoms with E-state index in [9.17, 15) is 14.4 Å². The number of amides is 2. The number of nitrogens with zero attached hydrogens (tertiary/aromatic N) is 1. The first-order valence-electron chi connectivity index (χ1n) is 10.5. The fourth-order valence-corrected chi connectivity index (χ4v) is 3.78. The van der Waals surface area contributed by atoms with E-state index in [0.717, 1.165) is 29.7 Å². The van der Waals surface area contributed by atoms with E-state index < -0.39 is 24.5 Å². The third-order valence-corrected chi connectivity index (χ3v) is 5.37. The summed E-state index contributed by atoms with van der Waals surface area (Å²) in [4.78, 5) is 39.7. The summed E-state index contributed by atoms with van der Waals surface area (Å²) >= 11 is 0. The van der Waals surface area contributed by atoms with E-state index in [-0.39, 0.29) is 18.1 Å². The second-order valence-corrected chi connectivity index (χ2v) is 7.58. The van der Waals surface area contributed by atoms with Crippen molar-refractivity contribution in [3.63, 3.8) is 0 Å². The van der Waals surface area contributed by atoms with Crippen molar-refractivity contribution in [2.75, 3.05) is 18.1 Å². The van der Waals surface area contributed by atoms with Crippen LogP contribution < -0.4 is 10.2 Å². The van der Waals surface area contributed by atoms with E-state index >= 15 is 0 Å². The van der Waals surface area contributed by atoms with Crippen LogP contribution in [0.2, 0.25) is 0 Å². The van der Waals surface area contributed by atoms with Crippen molar-refractivity contribution in [3.8, 4) is 0 Å². The summed E-state index contributed by atoms with van der Waals surface area (Å²) in [6, 6.07) is 19.2. The molecule has 164 valence electrons. The van der Waals surface area contributed by atoms with Crippen LogP contribution >= 0.6 is 0 Å². The first-order valence-corrected chi connectivity index (χ1v) is 10.5. The van der Waals surface area contributed by atoms with Gasteiger partial charge in [0.15, 0.2) is 12.4 Å². The predicted molar refractivity (Wildman–Crippen MR) is 118 cm³/mol. The lowest BCUT2D eigenvalue weighted by Gasteiger charge is -2.29. The number of ether oxygens (including phenoxy) is 1. The molecule has 2 heterocycles. The van der Waals surface area contributed by atoms with Crippen LogP contribution in [0.25, 0.3) is 0 Å². The van der Waals surface area contributed by atoms with Crippen LogP contribution in [-0.4, -0.2) is 37.0 Å². The van der Waals surface area contributed by atoms with Gasteiger partial charge in [-0.15, -0.1) is 0 Å². The Morgan fingerprint density at radius 3 is 2.56 bits per heavy atom. The molecule has 0 fully saturated rings. The molecule has 0 saturated carbocycles. The summed E-state index contributed by atoms with van der Waals surface area (Å²) in [5.41, 5.74) is 2.81. The molecule has 2 amide bonds. The maximum atomic E-state index is 12.8. The summed E-state index contributed by atoms with van der Waals surface area (Å²) in [6.45, 7) is 0.186. The topological polar surface area (TPSA) is 88.8 Å². The Balaban J connectivity index is 1.42. The number of esters is 1. The molecule has 0 spiro atoms. The monoisotopic (exact) mass is 432 g/mol. The van der Waals surface area contributed by atoms with Crippen LogP contribution in [-0.2, 0) is 27.2 Å². The van der Waals surface area contributed by atoms with Crippen molar-refractivity contribution in [1.29, 1.82) is 0 Å². The fourth-order valence-electron chi connectivity index (χ4n) is 3.78. The largest absolute Gasteiger partial charge is 0.459 e. The molecule has 1 N–H and O–H groups in total. The van der Waals surface area contributed by atoms with E-state index in [1.807, 2.05) is 54.6 Å². The van der Waals surface area contributed by atoms with Gasteiger partial charge >= 0.3 is 5.97 Å². The molecular weight excluding hydrogens is 408 g/mol. The van der Waals surface area contributed by atoms with Gasteiger partial charge in [-0.25, -0.2) is 4.79 Å². The Labute approximate surface area is 186 Å². The van der Waals surface area contributed by atoms with Crippen molar-refractivity contribution >= 4 is 23.5 Å². The summed E-state index contributed by atoms with van der Waals surface area (Å²) in [7, 11) is 0. The third kappa shape index (κ3) is 5.06. The van der Waals surface area contributed by atoms with Gasteiger partial charge in [-0.05, 0) is 42.2 Å². The van der Waals surface area contributed by atoms with Crippen LogP contribution in [0.3, 0.4) is 0 Å². The molecule has 3 aromatic rings. The summed E-state index contributed by atoms with van der Waals surface area (Å²) < 4.78 is 10.5. The highest BCUT2D eigenvalue weighted by Gasteiger charge is 2.27. The number of benzene rings is 2. The van der Waals surface area contributed by atoms with E-state index in [1.165, 1.54) is 12.3 Å². The molecule has 0 radical (unpaired) electrons. The number of fused-ring (bicyclic) bond motifs is 1. The zero-order valence-corrected chi connectivity index (χ0v) is 17.5. The predicted octanol–water partition coefficient (Wildman–Crippen LogP) is 3.14. The van der Waals surface area contributed by atoms with E-state index in [1.54, 1.807) is 11.0 Å². The number of anilines is 1. The molecule has 0 aliphatic carbocycles. The number of rotatable bonds is 7. The van der Waals surface area contributed by atoms with Gasteiger partial charge in [-0.2, -0.15) is 0 Å². The summed E-state index contributed by atoms with van der Waals surface area (Å²) in [5.74, 6) is -1.39. The summed E-state index contributed by atoms with van der Waals surface area (Å²) in [5, 5.41) is 2.65. The minimum atomic E-state index is -0.962. The van der Waals surface area contributed by atoms with Crippen molar-refractivity contribution in [3.05, 3.63) is 89.9 Å². The van der Waals surface area contributed by atoms with Crippen LogP contribution in [0.1, 0.15) is 28.1 Å². The fraction of sp³-hybridized carbons (Fsp3) is 0.240. The molecule has 0 unspecified atom stereocenters. The van der Waals surface area contributed by atoms with E-state index in [4.69, 9.17) is 9.15 Å². The SMILES string of the molecule is O=C(N[C@H](Cc1ccccc1)C(=O)OCC(=O)N1CCCc2ccccc21)c1ccco1. The van der Waals surface area contributed by atoms with Gasteiger partial charge in [0, 0.05) is 18.7 Å². The molecule has 0 saturated heterocycles. The van der Waals surface area contributed by atoms with Crippen LogP contribution in [0.5, 0.6) is 0 Å². The highest BCUT2D eigenvalue weighted by Crippen LogP contribution is 2.26. The molecule has 1 aliphatic heterocycles. The number of nitrogens with one attached hydrogen (secondary N) is 1. The molecule has 0 bridgehead atoms. The van der Waals surface area contributed by atoms with Gasteiger partial charge in [-0.3, -0.25) is 9.59 Å². The van der Waals surface area contributed by atoms with Gasteiger partial charge < -0.3 is 19.4 Å². The molecule has 1 aromatic heterocycles. The lowest BCUT2D eigenvalue weighted by Crippen LogP contribution is -2.45. The van der Waals surface area contributed by atoms with E-state index in [2.05, 4.69) is 5.32 Å². The van der Waals surface area contributed by atoms with Crippen molar-refractivity contribution in [1.82, 2.24) is 5.32 Å². The lowest BCUT2D eigenvalue weighted by atomic mass is 10.0. The summed E-state index contributed by atoms with van der Waals surface area (Å²) in [6.07, 6.45) is 3.38. The minimum Gasteiger partial charge on any atom is -0.459 e. The molecule has 7 nitrogen and oxygen atoms in total. The smallest absolute Gasteiger partial charge is 0.329 e. The first-order chi connectivity index (χ1) is 15.6. The Morgan fingerprint density at radius 1 is 1.00 bits per heavy atom. The maximum absolute atomic E-state index is 12.8. The number of furan rings is 1. The first kappa shape index (κ1) is 21.4. The van der Waals surface area contributed by atoms with Gasteiger partial charge in [-0.1, -0.05) is 48.5 Å². The normalized spacial score (nSPS) is 13.7. The second kappa shape index (κ2) is 9.96. The number of para-hydroxylation sites is 1. The zero-order valence-electron chi connectivity index (χ0n) is 17.5. The molecule has 4 rings (SSSR count). The van der Waals surface area contributed by atoms with Gasteiger partial charge in [0.1, 0.15) is 6.04 Å². The lowest BCUT2D eigenvalue weighted by molar-refractivity contribution is -0.149. The quantitative estimate of drug-likeness (QED) is 0.580. The standard InChI is InChI=1S/C25H24N2O5/c28-23(27-14-6-11-19-10-4-5-12-21(19)27)17-32-25(30)20(16-18-8-2-1-3-9-18)26-24(29)22-13-7-15-31-22/h1-5,7-10,12-13,15,20H,6,11,14,16-17H2,(H,26,29)/t20-/m1/s1. The Kier molecular flexibility index (Phi) is 6.65. The second-order valence-electron chi connectivity index (χ2n) is 7.58. The number of hydrogen-bond donors (Lipinski definition) is 1.